The molecular weight excluding hydrogens is 100 g/mol. The van der Waals surface area contributed by atoms with Gasteiger partial charge in [0.25, 0.3) is 0 Å². The van der Waals surface area contributed by atoms with Gasteiger partial charge >= 0.3 is 0 Å². The van der Waals surface area contributed by atoms with Crippen molar-refractivity contribution in [2.75, 3.05) is 0 Å². The van der Waals surface area contributed by atoms with Crippen LogP contribution in [-0.2, 0) is 4.79 Å². The lowest BCUT2D eigenvalue weighted by molar-refractivity contribution is -0.139. The molecule has 0 heterocycles. The Morgan fingerprint density at radius 3 is 2.12 bits per heavy atom. The number of hydrogen-bond donors (Lipinski definition) is 0. The predicted octanol–water partition coefficient (Wildman–Crippen LogP) is 1.38. The largest absolute Gasteiger partial charge is 0.299 e. The average molecular weight is 110 g/mol. The number of hydrogen-bond acceptors (Lipinski definition) is 1. The lowest BCUT2D eigenvalue weighted by Crippen LogP contribution is -2.40. The van der Waals surface area contributed by atoms with E-state index in [0.29, 0.717) is 17.6 Å². The second kappa shape index (κ2) is 1.34. The number of carbonyl (C=O) groups is 1. The summed E-state index contributed by atoms with van der Waals surface area (Å²) in [6.07, 6.45) is 4.91. The average Bonchev–Trinajstić information content (AvgIpc) is 1.89. The molecule has 2 bridgehead atoms. The Morgan fingerprint density at radius 1 is 1.25 bits per heavy atom. The highest BCUT2D eigenvalue weighted by atomic mass is 16.1. The van der Waals surface area contributed by atoms with Gasteiger partial charge in [0.05, 0.1) is 0 Å². The molecule has 0 aromatic heterocycles. The van der Waals surface area contributed by atoms with E-state index in [1.165, 1.54) is 25.7 Å². The van der Waals surface area contributed by atoms with Crippen LogP contribution in [-0.4, -0.2) is 5.78 Å². The molecule has 8 heavy (non-hydrogen) atoms. The van der Waals surface area contributed by atoms with Crippen molar-refractivity contribution in [3.05, 3.63) is 0 Å². The highest BCUT2D eigenvalue weighted by Crippen LogP contribution is 2.41. The van der Waals surface area contributed by atoms with Crippen LogP contribution in [0.2, 0.25) is 0 Å². The molecule has 44 valence electrons. The molecule has 0 aliphatic heterocycles. The molecule has 0 saturated heterocycles. The van der Waals surface area contributed by atoms with E-state index in [1.807, 2.05) is 0 Å². The molecule has 2 atom stereocenters. The maximum absolute atomic E-state index is 10.8. The van der Waals surface area contributed by atoms with Crippen LogP contribution < -0.4 is 0 Å². The first kappa shape index (κ1) is 4.54. The summed E-state index contributed by atoms with van der Waals surface area (Å²) in [5.74, 6) is 1.58. The van der Waals surface area contributed by atoms with E-state index < -0.39 is 0 Å². The van der Waals surface area contributed by atoms with Gasteiger partial charge in [-0.1, -0.05) is 6.42 Å². The molecule has 3 rings (SSSR count). The molecule has 0 amide bonds. The SMILES string of the molecule is O=C1C2CCCC1C2. The van der Waals surface area contributed by atoms with E-state index in [9.17, 15) is 4.79 Å². The Bertz CT molecular complexity index is 112. The number of ketones is 1. The van der Waals surface area contributed by atoms with Crippen LogP contribution in [0.5, 0.6) is 0 Å². The standard InChI is InChI=1S/C7H10O/c8-7-5-2-1-3-6(7)4-5/h5-6H,1-4H2. The van der Waals surface area contributed by atoms with Gasteiger partial charge in [-0.05, 0) is 19.3 Å². The van der Waals surface area contributed by atoms with Crippen LogP contribution in [0.1, 0.15) is 25.7 Å². The van der Waals surface area contributed by atoms with Crippen LogP contribution in [0.15, 0.2) is 0 Å². The fraction of sp³-hybridized carbons (Fsp3) is 0.857. The summed E-state index contributed by atoms with van der Waals surface area (Å²) in [4.78, 5) is 10.8. The van der Waals surface area contributed by atoms with Crippen molar-refractivity contribution in [2.45, 2.75) is 25.7 Å². The molecule has 3 saturated carbocycles. The molecule has 0 aromatic rings. The van der Waals surface area contributed by atoms with E-state index >= 15 is 0 Å². The van der Waals surface area contributed by atoms with E-state index in [2.05, 4.69) is 0 Å². The fourth-order valence-electron chi connectivity index (χ4n) is 1.88. The first-order valence-corrected chi connectivity index (χ1v) is 3.41. The molecule has 2 unspecified atom stereocenters. The molecule has 0 radical (unpaired) electrons. The van der Waals surface area contributed by atoms with Crippen molar-refractivity contribution in [2.24, 2.45) is 11.8 Å². The summed E-state index contributed by atoms with van der Waals surface area (Å²) in [5.41, 5.74) is 0. The van der Waals surface area contributed by atoms with Crippen molar-refractivity contribution in [3.63, 3.8) is 0 Å². The summed E-state index contributed by atoms with van der Waals surface area (Å²) in [7, 11) is 0. The van der Waals surface area contributed by atoms with Crippen LogP contribution in [0.4, 0.5) is 0 Å². The lowest BCUT2D eigenvalue weighted by atomic mass is 9.64. The van der Waals surface area contributed by atoms with E-state index in [1.54, 1.807) is 0 Å². The molecule has 3 fully saturated rings. The van der Waals surface area contributed by atoms with Gasteiger partial charge in [-0.2, -0.15) is 0 Å². The van der Waals surface area contributed by atoms with E-state index in [0.717, 1.165) is 0 Å². The van der Waals surface area contributed by atoms with Crippen molar-refractivity contribution >= 4 is 5.78 Å². The Hall–Kier alpha value is -0.330. The van der Waals surface area contributed by atoms with Gasteiger partial charge in [0, 0.05) is 11.8 Å². The Kier molecular flexibility index (Phi) is 0.758. The topological polar surface area (TPSA) is 17.1 Å². The lowest BCUT2D eigenvalue weighted by Gasteiger charge is -2.38. The zero-order valence-electron chi connectivity index (χ0n) is 4.89. The van der Waals surface area contributed by atoms with Gasteiger partial charge in [0.2, 0.25) is 0 Å². The highest BCUT2D eigenvalue weighted by molar-refractivity contribution is 5.89. The quantitative estimate of drug-likeness (QED) is 0.460. The molecule has 3 aliphatic carbocycles. The van der Waals surface area contributed by atoms with Gasteiger partial charge < -0.3 is 0 Å². The molecule has 0 spiro atoms. The van der Waals surface area contributed by atoms with E-state index in [4.69, 9.17) is 0 Å². The third kappa shape index (κ3) is 0.396. The summed E-state index contributed by atoms with van der Waals surface area (Å²) in [6, 6.07) is 0. The van der Waals surface area contributed by atoms with Gasteiger partial charge in [0.1, 0.15) is 5.78 Å². The van der Waals surface area contributed by atoms with Crippen molar-refractivity contribution in [1.29, 1.82) is 0 Å². The van der Waals surface area contributed by atoms with Crippen molar-refractivity contribution in [1.82, 2.24) is 0 Å². The molecule has 1 nitrogen and oxygen atoms in total. The molecule has 1 heteroatoms. The number of carbonyl (C=O) groups excluding carboxylic acids is 1. The summed E-state index contributed by atoms with van der Waals surface area (Å²) in [5, 5.41) is 0. The second-order valence-corrected chi connectivity index (χ2v) is 2.96. The van der Waals surface area contributed by atoms with Gasteiger partial charge in [-0.25, -0.2) is 0 Å². The molecule has 0 aromatic carbocycles. The monoisotopic (exact) mass is 110 g/mol. The summed E-state index contributed by atoms with van der Waals surface area (Å²) < 4.78 is 0. The predicted molar refractivity (Wildman–Crippen MR) is 30.5 cm³/mol. The van der Waals surface area contributed by atoms with Crippen molar-refractivity contribution < 1.29 is 4.79 Å². The minimum absolute atomic E-state index is 0.508. The zero-order chi connectivity index (χ0) is 5.56. The third-order valence-corrected chi connectivity index (χ3v) is 2.48. The smallest absolute Gasteiger partial charge is 0.139 e. The Morgan fingerprint density at radius 2 is 1.88 bits per heavy atom. The maximum Gasteiger partial charge on any atom is 0.139 e. The van der Waals surface area contributed by atoms with Crippen molar-refractivity contribution in [3.8, 4) is 0 Å². The number of rotatable bonds is 0. The molecule has 0 N–H and O–H groups in total. The fourth-order valence-corrected chi connectivity index (χ4v) is 1.88. The first-order chi connectivity index (χ1) is 3.88. The third-order valence-electron chi connectivity index (χ3n) is 2.48. The highest BCUT2D eigenvalue weighted by Gasteiger charge is 2.41. The van der Waals surface area contributed by atoms with Crippen LogP contribution in [0.3, 0.4) is 0 Å². The van der Waals surface area contributed by atoms with Crippen LogP contribution in [0.25, 0.3) is 0 Å². The van der Waals surface area contributed by atoms with Crippen LogP contribution in [0, 0.1) is 11.8 Å². The normalized spacial score (nSPS) is 43.8. The van der Waals surface area contributed by atoms with Crippen LogP contribution >= 0.6 is 0 Å². The Labute approximate surface area is 49.1 Å². The van der Waals surface area contributed by atoms with E-state index in [-0.39, 0.29) is 0 Å². The van der Waals surface area contributed by atoms with Gasteiger partial charge in [-0.15, -0.1) is 0 Å². The number of Topliss-reactive ketones (excluding diaryl/α,β-unsaturated/α-hetero) is 1. The maximum atomic E-state index is 10.8. The summed E-state index contributed by atoms with van der Waals surface area (Å²) >= 11 is 0. The van der Waals surface area contributed by atoms with Gasteiger partial charge in [0.15, 0.2) is 0 Å². The van der Waals surface area contributed by atoms with Gasteiger partial charge in [-0.3, -0.25) is 4.79 Å². The molecular formula is C7H10O. The number of fused-ring (bicyclic) bond motifs is 2. The first-order valence-electron chi connectivity index (χ1n) is 3.41. The molecule has 3 aliphatic rings. The second-order valence-electron chi connectivity index (χ2n) is 2.96. The minimum atomic E-state index is 0.508. The summed E-state index contributed by atoms with van der Waals surface area (Å²) in [6.45, 7) is 0. The Balaban J connectivity index is 2.13. The minimum Gasteiger partial charge on any atom is -0.299 e. The zero-order valence-corrected chi connectivity index (χ0v) is 4.89.